The number of aliphatic hydroxyl groups excluding tert-OH is 2. The van der Waals surface area contributed by atoms with E-state index in [-0.39, 0.29) is 23.7 Å². The minimum Gasteiger partial charge on any atom is -0.479 e. The van der Waals surface area contributed by atoms with E-state index in [4.69, 9.17) is 15.3 Å². The number of ether oxygens (including phenoxy) is 1. The van der Waals surface area contributed by atoms with Crippen LogP contribution in [0.15, 0.2) is 0 Å². The van der Waals surface area contributed by atoms with E-state index in [1.54, 1.807) is 0 Å². The monoisotopic (exact) mass is 241 g/mol. The number of hydrogen-bond acceptors (Lipinski definition) is 5. The van der Waals surface area contributed by atoms with Gasteiger partial charge in [0.2, 0.25) is 0 Å². The topological polar surface area (TPSA) is 104 Å². The second-order valence-electron chi connectivity index (χ2n) is 1.98. The van der Waals surface area contributed by atoms with Crippen LogP contribution in [-0.4, -0.2) is 46.1 Å². The fourth-order valence-electron chi connectivity index (χ4n) is 0.492. The Labute approximate surface area is 85.0 Å². The zero-order valence-corrected chi connectivity index (χ0v) is 7.67. The molecule has 2 unspecified atom stereocenters. The fourth-order valence-corrected chi connectivity index (χ4v) is 0.492. The van der Waals surface area contributed by atoms with Gasteiger partial charge in [0.1, 0.15) is 0 Å². The van der Waals surface area contributed by atoms with Crippen LogP contribution in [0.4, 0.5) is 0 Å². The number of aliphatic carboxylic acids is 1. The van der Waals surface area contributed by atoms with E-state index in [0.29, 0.717) is 0 Å². The largest absolute Gasteiger partial charge is 0.479 e. The quantitative estimate of drug-likeness (QED) is 0.403. The van der Waals surface area contributed by atoms with E-state index < -0.39 is 24.1 Å². The van der Waals surface area contributed by atoms with Gasteiger partial charge in [-0.05, 0) is 6.92 Å². The van der Waals surface area contributed by atoms with Crippen LogP contribution < -0.4 is 0 Å². The molecular formula is C6H10CuO6. The van der Waals surface area contributed by atoms with E-state index in [2.05, 4.69) is 4.74 Å². The molecule has 0 saturated heterocycles. The van der Waals surface area contributed by atoms with Crippen molar-refractivity contribution in [2.24, 2.45) is 0 Å². The summed E-state index contributed by atoms with van der Waals surface area (Å²) in [4.78, 5) is 20.6. The SMILES string of the molecule is CCOC(=O)C(O)C(O)C(=O)O.[Cu]. The fraction of sp³-hybridized carbons (Fsp3) is 0.667. The maximum Gasteiger partial charge on any atom is 0.338 e. The van der Waals surface area contributed by atoms with E-state index in [0.717, 1.165) is 0 Å². The minimum absolute atomic E-state index is 0. The predicted molar refractivity (Wildman–Crippen MR) is 36.3 cm³/mol. The Morgan fingerprint density at radius 1 is 1.31 bits per heavy atom. The molecule has 1 radical (unpaired) electrons. The van der Waals surface area contributed by atoms with Crippen LogP contribution in [-0.2, 0) is 31.4 Å². The first-order chi connectivity index (χ1) is 5.50. The summed E-state index contributed by atoms with van der Waals surface area (Å²) in [6.07, 6.45) is -4.16. The van der Waals surface area contributed by atoms with E-state index in [1.807, 2.05) is 0 Å². The second-order valence-corrected chi connectivity index (χ2v) is 1.98. The Morgan fingerprint density at radius 2 is 1.77 bits per heavy atom. The molecule has 3 N–H and O–H groups in total. The Kier molecular flexibility index (Phi) is 7.84. The molecule has 7 heteroatoms. The molecule has 13 heavy (non-hydrogen) atoms. The Hall–Kier alpha value is -0.621. The van der Waals surface area contributed by atoms with Gasteiger partial charge in [-0.1, -0.05) is 0 Å². The van der Waals surface area contributed by atoms with Crippen molar-refractivity contribution in [3.05, 3.63) is 0 Å². The van der Waals surface area contributed by atoms with Crippen molar-refractivity contribution in [1.82, 2.24) is 0 Å². The molecule has 0 spiro atoms. The van der Waals surface area contributed by atoms with Gasteiger partial charge in [-0.15, -0.1) is 0 Å². The van der Waals surface area contributed by atoms with Crippen molar-refractivity contribution in [3.8, 4) is 0 Å². The molecule has 6 nitrogen and oxygen atoms in total. The molecule has 0 aliphatic carbocycles. The molecule has 0 aromatic heterocycles. The van der Waals surface area contributed by atoms with Gasteiger partial charge in [0.15, 0.2) is 12.2 Å². The summed E-state index contributed by atoms with van der Waals surface area (Å²) in [6.45, 7) is 1.51. The van der Waals surface area contributed by atoms with Gasteiger partial charge in [-0.25, -0.2) is 9.59 Å². The second kappa shape index (κ2) is 6.85. The number of carboxylic acids is 1. The molecule has 0 aliphatic rings. The standard InChI is InChI=1S/C6H10O6.Cu/c1-2-12-6(11)4(8)3(7)5(9)10;/h3-4,7-8H,2H2,1H3,(H,9,10);. The number of carbonyl (C=O) groups excluding carboxylic acids is 1. The normalized spacial score (nSPS) is 13.8. The van der Waals surface area contributed by atoms with Crippen LogP contribution in [0.3, 0.4) is 0 Å². The maximum absolute atomic E-state index is 10.6. The number of esters is 1. The van der Waals surface area contributed by atoms with Crippen LogP contribution in [0.2, 0.25) is 0 Å². The number of hydrogen-bond donors (Lipinski definition) is 3. The van der Waals surface area contributed by atoms with Crippen LogP contribution in [0, 0.1) is 0 Å². The summed E-state index contributed by atoms with van der Waals surface area (Å²) < 4.78 is 4.26. The van der Waals surface area contributed by atoms with Gasteiger partial charge < -0.3 is 20.1 Å². The molecule has 0 heterocycles. The summed E-state index contributed by atoms with van der Waals surface area (Å²) in [5, 5.41) is 25.6. The van der Waals surface area contributed by atoms with Crippen molar-refractivity contribution in [3.63, 3.8) is 0 Å². The summed E-state index contributed by atoms with van der Waals surface area (Å²) in [5.74, 6) is -2.82. The average molecular weight is 242 g/mol. The summed E-state index contributed by atoms with van der Waals surface area (Å²) >= 11 is 0. The first-order valence-electron chi connectivity index (χ1n) is 3.26. The number of rotatable bonds is 4. The van der Waals surface area contributed by atoms with Crippen molar-refractivity contribution in [2.45, 2.75) is 19.1 Å². The number of carbonyl (C=O) groups is 2. The number of aliphatic hydroxyl groups is 2. The zero-order chi connectivity index (χ0) is 9.72. The first kappa shape index (κ1) is 14.9. The minimum atomic E-state index is -2.14. The Bertz CT molecular complexity index is 182. The maximum atomic E-state index is 10.6. The Morgan fingerprint density at radius 3 is 2.08 bits per heavy atom. The van der Waals surface area contributed by atoms with Crippen LogP contribution >= 0.6 is 0 Å². The van der Waals surface area contributed by atoms with Crippen LogP contribution in [0.25, 0.3) is 0 Å². The molecule has 0 amide bonds. The van der Waals surface area contributed by atoms with Crippen molar-refractivity contribution < 1.29 is 46.7 Å². The smallest absolute Gasteiger partial charge is 0.338 e. The molecule has 81 valence electrons. The van der Waals surface area contributed by atoms with Crippen molar-refractivity contribution >= 4 is 11.9 Å². The molecule has 0 saturated carbocycles. The molecular weight excluding hydrogens is 232 g/mol. The number of carboxylic acid groups (broad SMARTS) is 1. The Balaban J connectivity index is 0. The molecule has 0 fully saturated rings. The van der Waals surface area contributed by atoms with Gasteiger partial charge >= 0.3 is 11.9 Å². The molecule has 0 aromatic carbocycles. The third-order valence-electron chi connectivity index (χ3n) is 1.08. The van der Waals surface area contributed by atoms with E-state index in [1.165, 1.54) is 6.92 Å². The van der Waals surface area contributed by atoms with Crippen LogP contribution in [0.1, 0.15) is 6.92 Å². The first-order valence-corrected chi connectivity index (χ1v) is 3.26. The molecule has 0 aliphatic heterocycles. The summed E-state index contributed by atoms with van der Waals surface area (Å²) in [7, 11) is 0. The molecule has 0 aromatic rings. The van der Waals surface area contributed by atoms with Gasteiger partial charge in [-0.2, -0.15) is 0 Å². The van der Waals surface area contributed by atoms with E-state index >= 15 is 0 Å². The molecule has 2 atom stereocenters. The van der Waals surface area contributed by atoms with Gasteiger partial charge in [0.05, 0.1) is 6.61 Å². The van der Waals surface area contributed by atoms with Crippen molar-refractivity contribution in [1.29, 1.82) is 0 Å². The zero-order valence-electron chi connectivity index (χ0n) is 6.73. The molecule has 0 bridgehead atoms. The molecule has 0 rings (SSSR count). The predicted octanol–water partition coefficient (Wildman–Crippen LogP) is -1.65. The van der Waals surface area contributed by atoms with Gasteiger partial charge in [0.25, 0.3) is 0 Å². The summed E-state index contributed by atoms with van der Waals surface area (Å²) in [6, 6.07) is 0. The average Bonchev–Trinajstić information content (AvgIpc) is 2.02. The van der Waals surface area contributed by atoms with Crippen molar-refractivity contribution in [2.75, 3.05) is 6.61 Å². The third-order valence-corrected chi connectivity index (χ3v) is 1.08. The van der Waals surface area contributed by atoms with Gasteiger partial charge in [-0.3, -0.25) is 0 Å². The third kappa shape index (κ3) is 4.84. The summed E-state index contributed by atoms with van der Waals surface area (Å²) in [5.41, 5.74) is 0. The van der Waals surface area contributed by atoms with Crippen LogP contribution in [0.5, 0.6) is 0 Å². The van der Waals surface area contributed by atoms with Gasteiger partial charge in [0, 0.05) is 17.1 Å². The van der Waals surface area contributed by atoms with E-state index in [9.17, 15) is 9.59 Å².